The number of hydrogen-bond acceptors (Lipinski definition) is 2. The molecule has 1 aliphatic carbocycles. The van der Waals surface area contributed by atoms with E-state index in [-0.39, 0.29) is 23.9 Å². The fourth-order valence-corrected chi connectivity index (χ4v) is 3.33. The van der Waals surface area contributed by atoms with Gasteiger partial charge in [-0.25, -0.2) is 8.78 Å². The number of aliphatic carboxylic acids is 1. The number of amides is 1. The predicted molar refractivity (Wildman–Crippen MR) is 85.5 cm³/mol. The van der Waals surface area contributed by atoms with Gasteiger partial charge >= 0.3 is 5.97 Å². The first-order valence-corrected chi connectivity index (χ1v) is 8.35. The smallest absolute Gasteiger partial charge is 0.308 e. The number of carbonyl (C=O) groups is 2. The van der Waals surface area contributed by atoms with Crippen molar-refractivity contribution in [2.45, 2.75) is 57.4 Å². The minimum atomic E-state index is -0.889. The molecular weight excluding hydrogens is 316 g/mol. The third-order valence-electron chi connectivity index (χ3n) is 4.66. The number of hydrogen-bond donors (Lipinski definition) is 2. The molecule has 1 aromatic rings. The summed E-state index contributed by atoms with van der Waals surface area (Å²) in [6.07, 6.45) is 3.93. The molecule has 1 fully saturated rings. The number of halogens is 2. The van der Waals surface area contributed by atoms with Crippen LogP contribution in [0.4, 0.5) is 8.78 Å². The Hall–Kier alpha value is -1.98. The number of rotatable bonds is 5. The average Bonchev–Trinajstić information content (AvgIpc) is 2.72. The number of nitrogens with one attached hydrogen (secondary N) is 1. The van der Waals surface area contributed by atoms with Crippen LogP contribution >= 0.6 is 0 Å². The molecule has 0 saturated heterocycles. The average molecular weight is 339 g/mol. The Kier molecular flexibility index (Phi) is 6.29. The molecular formula is C18H23F2NO3. The SMILES string of the molecule is CC(CC(=O)N[C@H]1CCCCC[C@H]1C(=O)O)c1ccc(F)cc1F. The van der Waals surface area contributed by atoms with Gasteiger partial charge in [-0.1, -0.05) is 32.3 Å². The van der Waals surface area contributed by atoms with Crippen LogP contribution in [0.3, 0.4) is 0 Å². The van der Waals surface area contributed by atoms with Crippen LogP contribution in [0.15, 0.2) is 18.2 Å². The third kappa shape index (κ3) is 4.76. The van der Waals surface area contributed by atoms with Gasteiger partial charge in [0.05, 0.1) is 5.92 Å². The zero-order valence-electron chi connectivity index (χ0n) is 13.7. The maximum Gasteiger partial charge on any atom is 0.308 e. The summed E-state index contributed by atoms with van der Waals surface area (Å²) in [5, 5.41) is 12.1. The number of carbonyl (C=O) groups excluding carboxylic acids is 1. The van der Waals surface area contributed by atoms with Crippen molar-refractivity contribution in [2.24, 2.45) is 5.92 Å². The first kappa shape index (κ1) is 18.4. The summed E-state index contributed by atoms with van der Waals surface area (Å²) in [4.78, 5) is 23.6. The molecule has 2 rings (SSSR count). The number of carboxylic acids is 1. The van der Waals surface area contributed by atoms with Crippen LogP contribution in [0.5, 0.6) is 0 Å². The Labute approximate surface area is 140 Å². The standard InChI is InChI=1S/C18H23F2NO3/c1-11(13-8-7-12(19)10-15(13)20)9-17(22)21-16-6-4-2-3-5-14(16)18(23)24/h7-8,10-11,14,16H,2-6,9H2,1H3,(H,21,22)(H,23,24)/t11?,14-,16+/m1/s1. The fourth-order valence-electron chi connectivity index (χ4n) is 3.33. The molecule has 0 aromatic heterocycles. The molecule has 6 heteroatoms. The van der Waals surface area contributed by atoms with Gasteiger partial charge in [-0.2, -0.15) is 0 Å². The van der Waals surface area contributed by atoms with Crippen molar-refractivity contribution in [3.63, 3.8) is 0 Å². The van der Waals surface area contributed by atoms with E-state index in [9.17, 15) is 23.5 Å². The molecule has 132 valence electrons. The Morgan fingerprint density at radius 3 is 2.62 bits per heavy atom. The van der Waals surface area contributed by atoms with Gasteiger partial charge in [0.1, 0.15) is 11.6 Å². The highest BCUT2D eigenvalue weighted by molar-refractivity contribution is 5.78. The molecule has 1 aliphatic rings. The lowest BCUT2D eigenvalue weighted by Gasteiger charge is -2.23. The van der Waals surface area contributed by atoms with E-state index in [1.165, 1.54) is 12.1 Å². The van der Waals surface area contributed by atoms with Crippen molar-refractivity contribution in [3.8, 4) is 0 Å². The fraction of sp³-hybridized carbons (Fsp3) is 0.556. The zero-order valence-corrected chi connectivity index (χ0v) is 13.7. The summed E-state index contributed by atoms with van der Waals surface area (Å²) in [5.41, 5.74) is 0.280. The monoisotopic (exact) mass is 339 g/mol. The van der Waals surface area contributed by atoms with E-state index in [0.29, 0.717) is 12.8 Å². The first-order chi connectivity index (χ1) is 11.4. The molecule has 1 aromatic carbocycles. The van der Waals surface area contributed by atoms with Crippen LogP contribution in [0, 0.1) is 17.6 Å². The van der Waals surface area contributed by atoms with Gasteiger partial charge in [0, 0.05) is 18.5 Å². The Bertz CT molecular complexity index is 606. The molecule has 1 saturated carbocycles. The second-order valence-corrected chi connectivity index (χ2v) is 6.53. The van der Waals surface area contributed by atoms with E-state index in [4.69, 9.17) is 0 Å². The van der Waals surface area contributed by atoms with Gasteiger partial charge < -0.3 is 10.4 Å². The molecule has 0 bridgehead atoms. The van der Waals surface area contributed by atoms with Crippen molar-refractivity contribution in [1.29, 1.82) is 0 Å². The Balaban J connectivity index is 1.99. The van der Waals surface area contributed by atoms with Gasteiger partial charge in [-0.3, -0.25) is 9.59 Å². The number of carboxylic acid groups (broad SMARTS) is 1. The second-order valence-electron chi connectivity index (χ2n) is 6.53. The van der Waals surface area contributed by atoms with E-state index in [0.717, 1.165) is 25.3 Å². The lowest BCUT2D eigenvalue weighted by Crippen LogP contribution is -2.43. The van der Waals surface area contributed by atoms with Gasteiger partial charge in [0.2, 0.25) is 5.91 Å². The van der Waals surface area contributed by atoms with Crippen molar-refractivity contribution in [1.82, 2.24) is 5.32 Å². The lowest BCUT2D eigenvalue weighted by molar-refractivity contribution is -0.143. The summed E-state index contributed by atoms with van der Waals surface area (Å²) in [6, 6.07) is 2.92. The maximum atomic E-state index is 13.8. The van der Waals surface area contributed by atoms with Crippen LogP contribution < -0.4 is 5.32 Å². The summed E-state index contributed by atoms with van der Waals surface area (Å²) in [5.74, 6) is -3.51. The van der Waals surface area contributed by atoms with Crippen molar-refractivity contribution in [2.75, 3.05) is 0 Å². The molecule has 1 unspecified atom stereocenters. The molecule has 24 heavy (non-hydrogen) atoms. The minimum absolute atomic E-state index is 0.0331. The zero-order chi connectivity index (χ0) is 17.7. The summed E-state index contributed by atoms with van der Waals surface area (Å²) in [7, 11) is 0. The second kappa shape index (κ2) is 8.22. The summed E-state index contributed by atoms with van der Waals surface area (Å²) < 4.78 is 26.7. The van der Waals surface area contributed by atoms with Crippen LogP contribution in [0.2, 0.25) is 0 Å². The number of benzene rings is 1. The highest BCUT2D eigenvalue weighted by Gasteiger charge is 2.31. The maximum absolute atomic E-state index is 13.8. The lowest BCUT2D eigenvalue weighted by atomic mass is 9.93. The highest BCUT2D eigenvalue weighted by atomic mass is 19.1. The minimum Gasteiger partial charge on any atom is -0.481 e. The predicted octanol–water partition coefficient (Wildman–Crippen LogP) is 3.61. The van der Waals surface area contributed by atoms with Gasteiger partial charge in [-0.05, 0) is 30.4 Å². The van der Waals surface area contributed by atoms with Crippen molar-refractivity contribution < 1.29 is 23.5 Å². The van der Waals surface area contributed by atoms with E-state index in [1.54, 1.807) is 6.92 Å². The largest absolute Gasteiger partial charge is 0.481 e. The normalized spacial score (nSPS) is 22.5. The molecule has 0 heterocycles. The van der Waals surface area contributed by atoms with Gasteiger partial charge in [0.25, 0.3) is 0 Å². The van der Waals surface area contributed by atoms with Crippen LogP contribution in [0.25, 0.3) is 0 Å². The Morgan fingerprint density at radius 2 is 1.96 bits per heavy atom. The summed E-state index contributed by atoms with van der Waals surface area (Å²) >= 11 is 0. The van der Waals surface area contributed by atoms with Crippen molar-refractivity contribution in [3.05, 3.63) is 35.4 Å². The molecule has 1 amide bonds. The molecule has 0 radical (unpaired) electrons. The molecule has 0 spiro atoms. The molecule has 4 nitrogen and oxygen atoms in total. The van der Waals surface area contributed by atoms with Crippen LogP contribution in [-0.4, -0.2) is 23.0 Å². The van der Waals surface area contributed by atoms with Gasteiger partial charge in [0.15, 0.2) is 0 Å². The van der Waals surface area contributed by atoms with E-state index in [1.807, 2.05) is 0 Å². The van der Waals surface area contributed by atoms with Gasteiger partial charge in [-0.15, -0.1) is 0 Å². The van der Waals surface area contributed by atoms with E-state index < -0.39 is 29.4 Å². The van der Waals surface area contributed by atoms with E-state index >= 15 is 0 Å². The highest BCUT2D eigenvalue weighted by Crippen LogP contribution is 2.26. The summed E-state index contributed by atoms with van der Waals surface area (Å²) in [6.45, 7) is 1.69. The van der Waals surface area contributed by atoms with E-state index in [2.05, 4.69) is 5.32 Å². The molecule has 2 N–H and O–H groups in total. The third-order valence-corrected chi connectivity index (χ3v) is 4.66. The Morgan fingerprint density at radius 1 is 1.25 bits per heavy atom. The molecule has 0 aliphatic heterocycles. The van der Waals surface area contributed by atoms with Crippen molar-refractivity contribution >= 4 is 11.9 Å². The van der Waals surface area contributed by atoms with Crippen LogP contribution in [0.1, 0.15) is 56.9 Å². The first-order valence-electron chi connectivity index (χ1n) is 8.35. The topological polar surface area (TPSA) is 66.4 Å². The quantitative estimate of drug-likeness (QED) is 0.806. The molecule has 3 atom stereocenters. The van der Waals surface area contributed by atoms with Crippen LogP contribution in [-0.2, 0) is 9.59 Å².